The summed E-state index contributed by atoms with van der Waals surface area (Å²) in [6, 6.07) is 3.98. The van der Waals surface area contributed by atoms with Gasteiger partial charge in [0.1, 0.15) is 12.1 Å². The number of nitro benzene ring substituents is 1. The van der Waals surface area contributed by atoms with Crippen LogP contribution < -0.4 is 0 Å². The first-order valence-corrected chi connectivity index (χ1v) is 7.85. The van der Waals surface area contributed by atoms with E-state index in [9.17, 15) is 24.5 Å². The van der Waals surface area contributed by atoms with Crippen LogP contribution in [0.2, 0.25) is 0 Å². The van der Waals surface area contributed by atoms with Crippen molar-refractivity contribution in [2.75, 3.05) is 13.1 Å². The highest BCUT2D eigenvalue weighted by Crippen LogP contribution is 2.30. The second-order valence-electron chi connectivity index (χ2n) is 6.09. The van der Waals surface area contributed by atoms with Gasteiger partial charge in [-0.05, 0) is 32.3 Å². The molecule has 1 atom stereocenters. The number of fused-ring (bicyclic) bond motifs is 1. The SMILES string of the molecule is C[C@H]1CCCCN1C(=O)CN1C(=O)c2cccc([N+](=O)[O-])c2C1=O. The number of hydrogen-bond acceptors (Lipinski definition) is 5. The first kappa shape index (κ1) is 16.1. The number of amides is 3. The van der Waals surface area contributed by atoms with Crippen molar-refractivity contribution in [2.45, 2.75) is 32.2 Å². The predicted octanol–water partition coefficient (Wildman–Crippen LogP) is 1.59. The number of carbonyl (C=O) groups is 3. The molecule has 1 aromatic rings. The lowest BCUT2D eigenvalue weighted by atomic mass is 10.0. The lowest BCUT2D eigenvalue weighted by molar-refractivity contribution is -0.385. The van der Waals surface area contributed by atoms with E-state index in [0.29, 0.717) is 6.54 Å². The zero-order valence-electron chi connectivity index (χ0n) is 13.2. The molecule has 0 N–H and O–H groups in total. The number of likely N-dealkylation sites (tertiary alicyclic amines) is 1. The summed E-state index contributed by atoms with van der Waals surface area (Å²) in [5, 5.41) is 11.1. The molecule has 8 heteroatoms. The number of piperidine rings is 1. The fourth-order valence-corrected chi connectivity index (χ4v) is 3.31. The molecule has 1 aromatic carbocycles. The van der Waals surface area contributed by atoms with Crippen molar-refractivity contribution in [3.63, 3.8) is 0 Å². The van der Waals surface area contributed by atoms with E-state index in [1.807, 2.05) is 6.92 Å². The number of hydrogen-bond donors (Lipinski definition) is 0. The molecule has 0 spiro atoms. The van der Waals surface area contributed by atoms with E-state index in [1.54, 1.807) is 4.90 Å². The van der Waals surface area contributed by atoms with Gasteiger partial charge < -0.3 is 4.90 Å². The molecule has 0 radical (unpaired) electrons. The molecule has 1 saturated heterocycles. The predicted molar refractivity (Wildman–Crippen MR) is 83.5 cm³/mol. The molecule has 0 unspecified atom stereocenters. The van der Waals surface area contributed by atoms with Gasteiger partial charge in [-0.25, -0.2) is 0 Å². The Bertz CT molecular complexity index is 745. The molecule has 0 bridgehead atoms. The van der Waals surface area contributed by atoms with Gasteiger partial charge in [0.25, 0.3) is 17.5 Å². The van der Waals surface area contributed by atoms with Crippen LogP contribution in [0.25, 0.3) is 0 Å². The van der Waals surface area contributed by atoms with Crippen LogP contribution in [0, 0.1) is 10.1 Å². The van der Waals surface area contributed by atoms with Crippen molar-refractivity contribution in [3.8, 4) is 0 Å². The van der Waals surface area contributed by atoms with Crippen molar-refractivity contribution in [3.05, 3.63) is 39.4 Å². The summed E-state index contributed by atoms with van der Waals surface area (Å²) in [6.07, 6.45) is 2.83. The summed E-state index contributed by atoms with van der Waals surface area (Å²) in [7, 11) is 0. The highest BCUT2D eigenvalue weighted by atomic mass is 16.6. The van der Waals surface area contributed by atoms with Crippen LogP contribution in [0.5, 0.6) is 0 Å². The van der Waals surface area contributed by atoms with Gasteiger partial charge >= 0.3 is 0 Å². The Balaban J connectivity index is 1.85. The normalized spacial score (nSPS) is 20.3. The summed E-state index contributed by atoms with van der Waals surface area (Å²) < 4.78 is 0. The average molecular weight is 331 g/mol. The van der Waals surface area contributed by atoms with Crippen LogP contribution >= 0.6 is 0 Å². The molecule has 2 aliphatic heterocycles. The Morgan fingerprint density at radius 3 is 2.71 bits per heavy atom. The maximum Gasteiger partial charge on any atom is 0.282 e. The fourth-order valence-electron chi connectivity index (χ4n) is 3.31. The first-order valence-electron chi connectivity index (χ1n) is 7.85. The van der Waals surface area contributed by atoms with Gasteiger partial charge in [0.05, 0.1) is 10.5 Å². The number of nitrogens with zero attached hydrogens (tertiary/aromatic N) is 3. The minimum atomic E-state index is -0.777. The lowest BCUT2D eigenvalue weighted by Crippen LogP contribution is -2.48. The molecule has 126 valence electrons. The van der Waals surface area contributed by atoms with E-state index in [2.05, 4.69) is 0 Å². The molecule has 3 amide bonds. The van der Waals surface area contributed by atoms with Gasteiger partial charge in [0.2, 0.25) is 5.91 Å². The summed E-state index contributed by atoms with van der Waals surface area (Å²) in [4.78, 5) is 50.2. The van der Waals surface area contributed by atoms with Crippen molar-refractivity contribution < 1.29 is 19.3 Å². The summed E-state index contributed by atoms with van der Waals surface area (Å²) >= 11 is 0. The third-order valence-electron chi connectivity index (χ3n) is 4.59. The maximum absolute atomic E-state index is 12.5. The van der Waals surface area contributed by atoms with Gasteiger partial charge in [-0.2, -0.15) is 0 Å². The first-order chi connectivity index (χ1) is 11.4. The molecule has 3 rings (SSSR count). The van der Waals surface area contributed by atoms with Gasteiger partial charge in [0.15, 0.2) is 0 Å². The maximum atomic E-state index is 12.5. The molecule has 0 saturated carbocycles. The Morgan fingerprint density at radius 2 is 2.04 bits per heavy atom. The molecule has 1 fully saturated rings. The molecular weight excluding hydrogens is 314 g/mol. The Kier molecular flexibility index (Phi) is 4.04. The largest absolute Gasteiger partial charge is 0.338 e. The number of rotatable bonds is 3. The van der Waals surface area contributed by atoms with Gasteiger partial charge in [-0.1, -0.05) is 6.07 Å². The molecular formula is C16H17N3O5. The standard InChI is InChI=1S/C16H17N3O5/c1-10-5-2-3-8-17(10)13(20)9-18-15(21)11-6-4-7-12(19(23)24)14(11)16(18)22/h4,6-7,10H,2-3,5,8-9H2,1H3/t10-/m0/s1. The zero-order valence-corrected chi connectivity index (χ0v) is 13.2. The van der Waals surface area contributed by atoms with E-state index in [0.717, 1.165) is 24.2 Å². The number of imide groups is 1. The van der Waals surface area contributed by atoms with Crippen molar-refractivity contribution in [1.82, 2.24) is 9.80 Å². The number of nitro groups is 1. The molecule has 0 aliphatic carbocycles. The van der Waals surface area contributed by atoms with Crippen LogP contribution in [-0.2, 0) is 4.79 Å². The van der Waals surface area contributed by atoms with Crippen LogP contribution in [0.4, 0.5) is 5.69 Å². The third-order valence-corrected chi connectivity index (χ3v) is 4.59. The van der Waals surface area contributed by atoms with Crippen LogP contribution in [0.1, 0.15) is 46.9 Å². The molecule has 0 aromatic heterocycles. The summed E-state index contributed by atoms with van der Waals surface area (Å²) in [5.41, 5.74) is -0.659. The quantitative estimate of drug-likeness (QED) is 0.475. The van der Waals surface area contributed by atoms with Crippen LogP contribution in [0.15, 0.2) is 18.2 Å². The number of carbonyl (C=O) groups excluding carboxylic acids is 3. The van der Waals surface area contributed by atoms with Gasteiger partial charge in [-0.15, -0.1) is 0 Å². The van der Waals surface area contributed by atoms with E-state index in [-0.39, 0.29) is 29.6 Å². The molecule has 2 aliphatic rings. The average Bonchev–Trinajstić information content (AvgIpc) is 2.80. The van der Waals surface area contributed by atoms with Crippen molar-refractivity contribution >= 4 is 23.4 Å². The number of benzene rings is 1. The van der Waals surface area contributed by atoms with Crippen molar-refractivity contribution in [1.29, 1.82) is 0 Å². The van der Waals surface area contributed by atoms with E-state index in [1.165, 1.54) is 18.2 Å². The summed E-state index contributed by atoms with van der Waals surface area (Å²) in [5.74, 6) is -1.74. The minimum absolute atomic E-state index is 0.0197. The second kappa shape index (κ2) is 6.03. The second-order valence-corrected chi connectivity index (χ2v) is 6.09. The summed E-state index contributed by atoms with van der Waals surface area (Å²) in [6.45, 7) is 2.15. The Hall–Kier alpha value is -2.77. The highest BCUT2D eigenvalue weighted by molar-refractivity contribution is 6.24. The van der Waals surface area contributed by atoms with Gasteiger partial charge in [0, 0.05) is 18.7 Å². The topological polar surface area (TPSA) is 101 Å². The zero-order chi connectivity index (χ0) is 17.4. The van der Waals surface area contributed by atoms with Crippen LogP contribution in [0.3, 0.4) is 0 Å². The fraction of sp³-hybridized carbons (Fsp3) is 0.438. The van der Waals surface area contributed by atoms with E-state index in [4.69, 9.17) is 0 Å². The molecule has 24 heavy (non-hydrogen) atoms. The molecule has 8 nitrogen and oxygen atoms in total. The monoisotopic (exact) mass is 331 g/mol. The minimum Gasteiger partial charge on any atom is -0.338 e. The smallest absolute Gasteiger partial charge is 0.282 e. The third kappa shape index (κ3) is 2.53. The Morgan fingerprint density at radius 1 is 1.29 bits per heavy atom. The van der Waals surface area contributed by atoms with Crippen LogP contribution in [-0.4, -0.2) is 51.6 Å². The molecule has 2 heterocycles. The van der Waals surface area contributed by atoms with Gasteiger partial charge in [-0.3, -0.25) is 29.4 Å². The highest BCUT2D eigenvalue weighted by Gasteiger charge is 2.42. The Labute approximate surface area is 138 Å². The lowest BCUT2D eigenvalue weighted by Gasteiger charge is -2.34. The van der Waals surface area contributed by atoms with E-state index >= 15 is 0 Å². The van der Waals surface area contributed by atoms with Crippen molar-refractivity contribution in [2.24, 2.45) is 0 Å². The van der Waals surface area contributed by atoms with E-state index < -0.39 is 22.4 Å².